The number of hydrogen-bond donors (Lipinski definition) is 1. The van der Waals surface area contributed by atoms with Crippen molar-refractivity contribution in [3.63, 3.8) is 0 Å². The molecule has 21 heavy (non-hydrogen) atoms. The highest BCUT2D eigenvalue weighted by atomic mass is 35.5. The van der Waals surface area contributed by atoms with Crippen LogP contribution >= 0.6 is 11.6 Å². The first-order chi connectivity index (χ1) is 10.2. The minimum absolute atomic E-state index is 0.108. The van der Waals surface area contributed by atoms with Gasteiger partial charge in [-0.1, -0.05) is 11.6 Å². The van der Waals surface area contributed by atoms with Crippen LogP contribution in [0.3, 0.4) is 0 Å². The molecular formula is C15H16ClNO4. The largest absolute Gasteiger partial charge is 0.493 e. The lowest BCUT2D eigenvalue weighted by Crippen LogP contribution is -2.02. The second kappa shape index (κ2) is 7.15. The van der Waals surface area contributed by atoms with Crippen molar-refractivity contribution in [1.29, 1.82) is 0 Å². The number of nitrogens with zero attached hydrogens (tertiary/aromatic N) is 1. The van der Waals surface area contributed by atoms with Crippen LogP contribution in [0.25, 0.3) is 0 Å². The molecule has 1 aromatic carbocycles. The highest BCUT2D eigenvalue weighted by Crippen LogP contribution is 2.39. The molecule has 0 saturated heterocycles. The van der Waals surface area contributed by atoms with Crippen molar-refractivity contribution in [1.82, 2.24) is 4.98 Å². The van der Waals surface area contributed by atoms with Crippen LogP contribution in [0.4, 0.5) is 0 Å². The van der Waals surface area contributed by atoms with Gasteiger partial charge in [-0.3, -0.25) is 4.98 Å². The maximum absolute atomic E-state index is 9.24. The molecule has 0 spiro atoms. The van der Waals surface area contributed by atoms with Crippen LogP contribution in [0.5, 0.6) is 17.2 Å². The van der Waals surface area contributed by atoms with Gasteiger partial charge >= 0.3 is 0 Å². The summed E-state index contributed by atoms with van der Waals surface area (Å²) in [5.74, 6) is 1.44. The van der Waals surface area contributed by atoms with Gasteiger partial charge < -0.3 is 19.3 Å². The van der Waals surface area contributed by atoms with Gasteiger partial charge in [-0.05, 0) is 23.8 Å². The number of hydrogen-bond acceptors (Lipinski definition) is 5. The average molecular weight is 310 g/mol. The Morgan fingerprint density at radius 2 is 1.86 bits per heavy atom. The predicted molar refractivity (Wildman–Crippen MR) is 79.0 cm³/mol. The second-order valence-corrected chi connectivity index (χ2v) is 4.65. The van der Waals surface area contributed by atoms with Crippen molar-refractivity contribution in [3.8, 4) is 17.2 Å². The molecule has 0 aliphatic carbocycles. The number of rotatable bonds is 6. The Morgan fingerprint density at radius 3 is 2.38 bits per heavy atom. The van der Waals surface area contributed by atoms with E-state index in [9.17, 15) is 5.11 Å². The highest BCUT2D eigenvalue weighted by molar-refractivity contribution is 6.31. The monoisotopic (exact) mass is 309 g/mol. The van der Waals surface area contributed by atoms with E-state index in [0.29, 0.717) is 27.8 Å². The Bertz CT molecular complexity index is 593. The molecule has 2 aromatic rings. The molecule has 0 aliphatic rings. The number of pyridine rings is 1. The fraction of sp³-hybridized carbons (Fsp3) is 0.267. The first-order valence-corrected chi connectivity index (χ1v) is 6.64. The quantitative estimate of drug-likeness (QED) is 0.889. The van der Waals surface area contributed by atoms with E-state index < -0.39 is 0 Å². The number of aromatic nitrogens is 1. The van der Waals surface area contributed by atoms with Crippen molar-refractivity contribution in [2.75, 3.05) is 14.2 Å². The fourth-order valence-electron chi connectivity index (χ4n) is 1.84. The van der Waals surface area contributed by atoms with Crippen LogP contribution in [0.2, 0.25) is 5.02 Å². The highest BCUT2D eigenvalue weighted by Gasteiger charge is 2.14. The Morgan fingerprint density at radius 1 is 1.19 bits per heavy atom. The van der Waals surface area contributed by atoms with Gasteiger partial charge in [0.2, 0.25) is 5.75 Å². The van der Waals surface area contributed by atoms with Gasteiger partial charge in [0, 0.05) is 18.0 Å². The lowest BCUT2D eigenvalue weighted by Gasteiger charge is -2.16. The molecule has 0 aliphatic heterocycles. The van der Waals surface area contributed by atoms with Crippen LogP contribution in [0, 0.1) is 0 Å². The van der Waals surface area contributed by atoms with E-state index in [2.05, 4.69) is 4.98 Å². The summed E-state index contributed by atoms with van der Waals surface area (Å²) >= 11 is 6.05. The molecule has 112 valence electrons. The van der Waals surface area contributed by atoms with E-state index in [4.69, 9.17) is 25.8 Å². The maximum atomic E-state index is 9.24. The zero-order valence-electron chi connectivity index (χ0n) is 11.8. The molecule has 0 atom stereocenters. The summed E-state index contributed by atoms with van der Waals surface area (Å²) in [7, 11) is 3.06. The van der Waals surface area contributed by atoms with E-state index in [1.807, 2.05) is 0 Å². The first-order valence-electron chi connectivity index (χ1n) is 6.26. The lowest BCUT2D eigenvalue weighted by molar-refractivity contribution is 0.260. The molecule has 6 heteroatoms. The van der Waals surface area contributed by atoms with E-state index in [1.165, 1.54) is 14.2 Å². The SMILES string of the molecule is COc1cc(CO)cc(OC)c1OCc1ccncc1Cl. The third-order valence-corrected chi connectivity index (χ3v) is 3.27. The number of ether oxygens (including phenoxy) is 3. The smallest absolute Gasteiger partial charge is 0.203 e. The molecular weight excluding hydrogens is 294 g/mol. The van der Waals surface area contributed by atoms with Gasteiger partial charge in [0.1, 0.15) is 6.61 Å². The van der Waals surface area contributed by atoms with Crippen molar-refractivity contribution < 1.29 is 19.3 Å². The van der Waals surface area contributed by atoms with E-state index >= 15 is 0 Å². The molecule has 0 fully saturated rings. The van der Waals surface area contributed by atoms with Crippen LogP contribution in [0.1, 0.15) is 11.1 Å². The van der Waals surface area contributed by atoms with Crippen LogP contribution in [-0.4, -0.2) is 24.3 Å². The topological polar surface area (TPSA) is 60.8 Å². The van der Waals surface area contributed by atoms with Gasteiger partial charge in [-0.25, -0.2) is 0 Å². The lowest BCUT2D eigenvalue weighted by atomic mass is 10.2. The normalized spacial score (nSPS) is 10.3. The van der Waals surface area contributed by atoms with Crippen molar-refractivity contribution >= 4 is 11.6 Å². The number of methoxy groups -OCH3 is 2. The van der Waals surface area contributed by atoms with Crippen molar-refractivity contribution in [3.05, 3.63) is 46.7 Å². The van der Waals surface area contributed by atoms with Gasteiger partial charge in [-0.15, -0.1) is 0 Å². The van der Waals surface area contributed by atoms with Crippen LogP contribution in [0.15, 0.2) is 30.6 Å². The standard InChI is InChI=1S/C15H16ClNO4/c1-19-13-5-10(8-18)6-14(20-2)15(13)21-9-11-3-4-17-7-12(11)16/h3-7,18H,8-9H2,1-2H3. The third kappa shape index (κ3) is 3.56. The second-order valence-electron chi connectivity index (χ2n) is 4.24. The Kier molecular flexibility index (Phi) is 5.25. The van der Waals surface area contributed by atoms with Gasteiger partial charge in [0.05, 0.1) is 25.8 Å². The molecule has 0 amide bonds. The average Bonchev–Trinajstić information content (AvgIpc) is 2.53. The molecule has 2 rings (SSSR count). The molecule has 0 unspecified atom stereocenters. The van der Waals surface area contributed by atoms with E-state index in [-0.39, 0.29) is 13.2 Å². The summed E-state index contributed by atoms with van der Waals surface area (Å²) in [4.78, 5) is 3.93. The summed E-state index contributed by atoms with van der Waals surface area (Å²) in [5, 5.41) is 9.77. The fourth-order valence-corrected chi connectivity index (χ4v) is 2.01. The zero-order chi connectivity index (χ0) is 15.2. The molecule has 0 radical (unpaired) electrons. The van der Waals surface area contributed by atoms with Gasteiger partial charge in [0.25, 0.3) is 0 Å². The summed E-state index contributed by atoms with van der Waals surface area (Å²) in [6, 6.07) is 5.18. The number of aliphatic hydroxyl groups excluding tert-OH is 1. The third-order valence-electron chi connectivity index (χ3n) is 2.93. The predicted octanol–water partition coefficient (Wildman–Crippen LogP) is 2.82. The van der Waals surface area contributed by atoms with Gasteiger partial charge in [0.15, 0.2) is 11.5 Å². The number of halogens is 1. The zero-order valence-corrected chi connectivity index (χ0v) is 12.6. The molecule has 0 saturated carbocycles. The number of aliphatic hydroxyl groups is 1. The van der Waals surface area contributed by atoms with Crippen LogP contribution in [-0.2, 0) is 13.2 Å². The van der Waals surface area contributed by atoms with Crippen LogP contribution < -0.4 is 14.2 Å². The molecule has 0 bridgehead atoms. The summed E-state index contributed by atoms with van der Waals surface area (Å²) in [6.07, 6.45) is 3.21. The molecule has 1 heterocycles. The summed E-state index contributed by atoms with van der Waals surface area (Å²) < 4.78 is 16.3. The summed E-state index contributed by atoms with van der Waals surface area (Å²) in [5.41, 5.74) is 1.49. The molecule has 5 nitrogen and oxygen atoms in total. The summed E-state index contributed by atoms with van der Waals surface area (Å²) in [6.45, 7) is 0.149. The van der Waals surface area contributed by atoms with Crippen molar-refractivity contribution in [2.45, 2.75) is 13.2 Å². The minimum atomic E-state index is -0.108. The Hall–Kier alpha value is -1.98. The van der Waals surface area contributed by atoms with E-state index in [0.717, 1.165) is 5.56 Å². The van der Waals surface area contributed by atoms with E-state index in [1.54, 1.807) is 30.6 Å². The number of benzene rings is 1. The Balaban J connectivity index is 2.28. The first kappa shape index (κ1) is 15.4. The Labute approximate surface area is 128 Å². The molecule has 1 aromatic heterocycles. The molecule has 1 N–H and O–H groups in total. The van der Waals surface area contributed by atoms with Gasteiger partial charge in [-0.2, -0.15) is 0 Å². The van der Waals surface area contributed by atoms with Crippen molar-refractivity contribution in [2.24, 2.45) is 0 Å². The minimum Gasteiger partial charge on any atom is -0.493 e. The maximum Gasteiger partial charge on any atom is 0.203 e.